The zero-order chi connectivity index (χ0) is 24.7. The van der Waals surface area contributed by atoms with Gasteiger partial charge in [0, 0.05) is 37.2 Å². The van der Waals surface area contributed by atoms with Crippen LogP contribution < -0.4 is 15.4 Å². The number of methoxy groups -OCH3 is 1. The molecule has 1 aromatic heterocycles. The van der Waals surface area contributed by atoms with Gasteiger partial charge in [0.2, 0.25) is 16.0 Å². The van der Waals surface area contributed by atoms with Crippen LogP contribution in [0.4, 0.5) is 11.8 Å². The van der Waals surface area contributed by atoms with Gasteiger partial charge in [-0.3, -0.25) is 0 Å². The molecule has 1 aliphatic rings. The van der Waals surface area contributed by atoms with Crippen molar-refractivity contribution in [3.8, 4) is 0 Å². The zero-order valence-electron chi connectivity index (χ0n) is 19.8. The van der Waals surface area contributed by atoms with Gasteiger partial charge in [0.15, 0.2) is 0 Å². The fourth-order valence-electron chi connectivity index (χ4n) is 4.36. The van der Waals surface area contributed by atoms with Gasteiger partial charge in [0.25, 0.3) is 0 Å². The molecule has 0 amide bonds. The monoisotopic (exact) mass is 517 g/mol. The minimum atomic E-state index is -3.52. The first kappa shape index (κ1) is 25.6. The molecule has 1 saturated carbocycles. The molecular weight excluding hydrogens is 486 g/mol. The summed E-state index contributed by atoms with van der Waals surface area (Å²) in [7, 11) is -1.84. The van der Waals surface area contributed by atoms with Crippen molar-refractivity contribution in [2.45, 2.75) is 30.6 Å². The molecule has 1 heterocycles. The molecule has 35 heavy (non-hydrogen) atoms. The molecular formula is C25H32ClN5O3S. The largest absolute Gasteiger partial charge is 0.383 e. The summed E-state index contributed by atoms with van der Waals surface area (Å²) in [5.41, 5.74) is 0.890. The summed E-state index contributed by atoms with van der Waals surface area (Å²) < 4.78 is 32.9. The van der Waals surface area contributed by atoms with Crippen molar-refractivity contribution in [1.29, 1.82) is 0 Å². The lowest BCUT2D eigenvalue weighted by Crippen LogP contribution is -2.32. The second-order valence-electron chi connectivity index (χ2n) is 8.91. The number of rotatable bonds is 11. The van der Waals surface area contributed by atoms with Crippen molar-refractivity contribution in [2.24, 2.45) is 11.8 Å². The smallest absolute Gasteiger partial charge is 0.240 e. The number of hydrogen-bond acceptors (Lipinski definition) is 7. The molecule has 0 saturated heterocycles. The van der Waals surface area contributed by atoms with E-state index in [9.17, 15) is 8.42 Å². The quantitative estimate of drug-likeness (QED) is 0.321. The minimum absolute atomic E-state index is 0.242. The van der Waals surface area contributed by atoms with Crippen LogP contribution in [0.1, 0.15) is 25.7 Å². The third-order valence-electron chi connectivity index (χ3n) is 6.40. The van der Waals surface area contributed by atoms with E-state index in [2.05, 4.69) is 25.3 Å². The standard InChI is InChI=1S/C25H32ClN5O3S/c1-34-15-14-27-24-22-4-2-3-5-23(22)30-25(31-24)28-16-18-6-8-19(9-7-18)17-29-35(32,33)21-12-10-20(26)11-13-21/h2-5,10-13,18-19,29H,6-9,14-17H2,1H3,(H2,27,28,30,31). The Bertz CT molecular complexity index is 1220. The Morgan fingerprint density at radius 1 is 0.943 bits per heavy atom. The van der Waals surface area contributed by atoms with Gasteiger partial charge in [-0.15, -0.1) is 0 Å². The molecule has 0 spiro atoms. The SMILES string of the molecule is COCCNc1nc(NCC2CCC(CNS(=O)(=O)c3ccc(Cl)cc3)CC2)nc2ccccc12. The summed E-state index contributed by atoms with van der Waals surface area (Å²) in [5, 5.41) is 8.25. The highest BCUT2D eigenvalue weighted by Crippen LogP contribution is 2.29. The molecule has 1 aliphatic carbocycles. The van der Waals surface area contributed by atoms with E-state index in [-0.39, 0.29) is 4.90 Å². The molecule has 0 unspecified atom stereocenters. The van der Waals surface area contributed by atoms with E-state index < -0.39 is 10.0 Å². The van der Waals surface area contributed by atoms with Gasteiger partial charge in [-0.25, -0.2) is 18.1 Å². The summed E-state index contributed by atoms with van der Waals surface area (Å²) in [6, 6.07) is 14.2. The number of hydrogen-bond donors (Lipinski definition) is 3. The van der Waals surface area contributed by atoms with Crippen LogP contribution in [0.5, 0.6) is 0 Å². The summed E-state index contributed by atoms with van der Waals surface area (Å²) in [4.78, 5) is 9.61. The Kier molecular flexibility index (Phi) is 8.78. The highest BCUT2D eigenvalue weighted by atomic mass is 35.5. The van der Waals surface area contributed by atoms with Crippen LogP contribution in [0.2, 0.25) is 5.02 Å². The molecule has 0 radical (unpaired) electrons. The maximum Gasteiger partial charge on any atom is 0.240 e. The Hall–Kier alpha value is -2.46. The number of para-hydroxylation sites is 1. The fourth-order valence-corrected chi connectivity index (χ4v) is 5.60. The van der Waals surface area contributed by atoms with Gasteiger partial charge in [0.1, 0.15) is 5.82 Å². The molecule has 0 bridgehead atoms. The van der Waals surface area contributed by atoms with Gasteiger partial charge in [0.05, 0.1) is 17.0 Å². The minimum Gasteiger partial charge on any atom is -0.383 e. The molecule has 8 nitrogen and oxygen atoms in total. The zero-order valence-corrected chi connectivity index (χ0v) is 21.4. The van der Waals surface area contributed by atoms with E-state index >= 15 is 0 Å². The van der Waals surface area contributed by atoms with Gasteiger partial charge in [-0.2, -0.15) is 4.98 Å². The average Bonchev–Trinajstić information content (AvgIpc) is 2.87. The summed E-state index contributed by atoms with van der Waals surface area (Å²) in [6.07, 6.45) is 4.04. The average molecular weight is 518 g/mol. The van der Waals surface area contributed by atoms with Crippen LogP contribution in [-0.4, -0.2) is 51.7 Å². The Labute approximate surface area is 211 Å². The van der Waals surface area contributed by atoms with Crippen molar-refractivity contribution in [2.75, 3.05) is 44.0 Å². The number of ether oxygens (including phenoxy) is 1. The first-order valence-corrected chi connectivity index (χ1v) is 13.8. The van der Waals surface area contributed by atoms with E-state index in [4.69, 9.17) is 16.3 Å². The molecule has 10 heteroatoms. The van der Waals surface area contributed by atoms with E-state index in [1.807, 2.05) is 24.3 Å². The highest BCUT2D eigenvalue weighted by Gasteiger charge is 2.23. The van der Waals surface area contributed by atoms with Gasteiger partial charge in [-0.05, 0) is 73.9 Å². The number of nitrogens with one attached hydrogen (secondary N) is 3. The Balaban J connectivity index is 1.27. The number of halogens is 1. The third-order valence-corrected chi connectivity index (χ3v) is 8.09. The van der Waals surface area contributed by atoms with Gasteiger partial charge < -0.3 is 15.4 Å². The van der Waals surface area contributed by atoms with E-state index in [1.165, 1.54) is 12.1 Å². The van der Waals surface area contributed by atoms with E-state index in [0.29, 0.717) is 42.5 Å². The number of sulfonamides is 1. The summed E-state index contributed by atoms with van der Waals surface area (Å²) in [6.45, 7) is 2.51. The van der Waals surface area contributed by atoms with Crippen LogP contribution in [0.15, 0.2) is 53.4 Å². The number of anilines is 2. The van der Waals surface area contributed by atoms with Crippen LogP contribution in [0.25, 0.3) is 10.9 Å². The lowest BCUT2D eigenvalue weighted by atomic mass is 9.82. The number of nitrogens with zero attached hydrogens (tertiary/aromatic N) is 2. The predicted octanol–water partition coefficient (Wildman–Crippen LogP) is 4.54. The van der Waals surface area contributed by atoms with Crippen molar-refractivity contribution in [3.05, 3.63) is 53.6 Å². The van der Waals surface area contributed by atoms with Crippen LogP contribution >= 0.6 is 11.6 Å². The molecule has 3 aromatic rings. The van der Waals surface area contributed by atoms with Gasteiger partial charge in [-0.1, -0.05) is 23.7 Å². The molecule has 4 rings (SSSR count). The van der Waals surface area contributed by atoms with Crippen molar-refractivity contribution >= 4 is 44.3 Å². The summed E-state index contributed by atoms with van der Waals surface area (Å²) >= 11 is 5.86. The molecule has 0 atom stereocenters. The van der Waals surface area contributed by atoms with E-state index in [0.717, 1.165) is 48.9 Å². The maximum atomic E-state index is 12.5. The van der Waals surface area contributed by atoms with Crippen LogP contribution in [0.3, 0.4) is 0 Å². The topological polar surface area (TPSA) is 105 Å². The Morgan fingerprint density at radius 3 is 2.34 bits per heavy atom. The summed E-state index contributed by atoms with van der Waals surface area (Å²) in [5.74, 6) is 2.24. The fraction of sp³-hybridized carbons (Fsp3) is 0.440. The molecule has 2 aromatic carbocycles. The predicted molar refractivity (Wildman–Crippen MR) is 140 cm³/mol. The second-order valence-corrected chi connectivity index (χ2v) is 11.1. The number of fused-ring (bicyclic) bond motifs is 1. The highest BCUT2D eigenvalue weighted by molar-refractivity contribution is 7.89. The molecule has 188 valence electrons. The first-order valence-electron chi connectivity index (χ1n) is 11.9. The van der Waals surface area contributed by atoms with Crippen LogP contribution in [-0.2, 0) is 14.8 Å². The number of aromatic nitrogens is 2. The van der Waals surface area contributed by atoms with Crippen molar-refractivity contribution in [1.82, 2.24) is 14.7 Å². The van der Waals surface area contributed by atoms with Gasteiger partial charge >= 0.3 is 0 Å². The normalized spacial score (nSPS) is 18.5. The van der Waals surface area contributed by atoms with Crippen LogP contribution in [0, 0.1) is 11.8 Å². The lowest BCUT2D eigenvalue weighted by molar-refractivity contribution is 0.210. The van der Waals surface area contributed by atoms with Crippen molar-refractivity contribution < 1.29 is 13.2 Å². The molecule has 3 N–H and O–H groups in total. The molecule has 1 fully saturated rings. The molecule has 0 aliphatic heterocycles. The Morgan fingerprint density at radius 2 is 1.63 bits per heavy atom. The van der Waals surface area contributed by atoms with Crippen molar-refractivity contribution in [3.63, 3.8) is 0 Å². The van der Waals surface area contributed by atoms with E-state index in [1.54, 1.807) is 19.2 Å². The number of benzene rings is 2. The maximum absolute atomic E-state index is 12.5. The first-order chi connectivity index (χ1) is 16.9. The third kappa shape index (κ3) is 7.04. The lowest BCUT2D eigenvalue weighted by Gasteiger charge is -2.28. The second kappa shape index (κ2) is 12.0.